The van der Waals surface area contributed by atoms with Gasteiger partial charge in [0.05, 0.1) is 0 Å². The maximum absolute atomic E-state index is 12.0. The van der Waals surface area contributed by atoms with E-state index in [-0.39, 0.29) is 5.91 Å². The number of aliphatic carboxylic acids is 1. The number of carbonyl (C=O) groups is 2. The van der Waals surface area contributed by atoms with Crippen LogP contribution in [0.3, 0.4) is 0 Å². The van der Waals surface area contributed by atoms with Crippen molar-refractivity contribution in [1.29, 1.82) is 0 Å². The van der Waals surface area contributed by atoms with Crippen molar-refractivity contribution in [1.82, 2.24) is 5.32 Å². The first-order valence-electron chi connectivity index (χ1n) is 5.79. The summed E-state index contributed by atoms with van der Waals surface area (Å²) in [4.78, 5) is 23.5. The molecule has 18 heavy (non-hydrogen) atoms. The smallest absolute Gasteiger partial charge is 0.333 e. The third-order valence-electron chi connectivity index (χ3n) is 2.82. The molecule has 0 spiro atoms. The second kappa shape index (κ2) is 4.80. The van der Waals surface area contributed by atoms with Crippen LogP contribution in [0.15, 0.2) is 30.3 Å². The Morgan fingerprint density at radius 2 is 1.56 bits per heavy atom. The van der Waals surface area contributed by atoms with E-state index in [4.69, 9.17) is 0 Å². The highest BCUT2D eigenvalue weighted by molar-refractivity contribution is 5.90. The standard InChI is InChI=1S/C14H19NO3/c1-13(2,3)11(16)15-14(4,12(17)18)10-8-6-5-7-9-10/h5-9H,1-4H3,(H,15,16)(H,17,18). The number of hydrogen-bond donors (Lipinski definition) is 2. The summed E-state index contributed by atoms with van der Waals surface area (Å²) in [7, 11) is 0. The predicted octanol–water partition coefficient (Wildman–Crippen LogP) is 2.15. The summed E-state index contributed by atoms with van der Waals surface area (Å²) in [6.07, 6.45) is 0. The van der Waals surface area contributed by atoms with Gasteiger partial charge in [0.25, 0.3) is 0 Å². The molecule has 0 radical (unpaired) electrons. The van der Waals surface area contributed by atoms with E-state index in [1.165, 1.54) is 6.92 Å². The normalized spacial score (nSPS) is 14.7. The summed E-state index contributed by atoms with van der Waals surface area (Å²) in [5.74, 6) is -1.37. The highest BCUT2D eigenvalue weighted by Gasteiger charge is 2.39. The van der Waals surface area contributed by atoms with Gasteiger partial charge in [-0.05, 0) is 12.5 Å². The minimum atomic E-state index is -1.41. The number of hydrogen-bond acceptors (Lipinski definition) is 2. The Labute approximate surface area is 107 Å². The molecule has 0 saturated heterocycles. The van der Waals surface area contributed by atoms with Crippen molar-refractivity contribution in [3.05, 3.63) is 35.9 Å². The van der Waals surface area contributed by atoms with Gasteiger partial charge in [-0.2, -0.15) is 0 Å². The molecule has 0 heterocycles. The molecule has 1 rings (SSSR count). The molecular weight excluding hydrogens is 230 g/mol. The van der Waals surface area contributed by atoms with Gasteiger partial charge in [-0.15, -0.1) is 0 Å². The van der Waals surface area contributed by atoms with Crippen LogP contribution in [-0.4, -0.2) is 17.0 Å². The molecule has 2 N–H and O–H groups in total. The number of carbonyl (C=O) groups excluding carboxylic acids is 1. The Balaban J connectivity index is 3.11. The van der Waals surface area contributed by atoms with Crippen LogP contribution in [-0.2, 0) is 15.1 Å². The maximum atomic E-state index is 12.0. The Morgan fingerprint density at radius 1 is 1.06 bits per heavy atom. The van der Waals surface area contributed by atoms with E-state index >= 15 is 0 Å². The summed E-state index contributed by atoms with van der Waals surface area (Å²) >= 11 is 0. The van der Waals surface area contributed by atoms with Gasteiger partial charge >= 0.3 is 5.97 Å². The fourth-order valence-electron chi connectivity index (χ4n) is 1.44. The molecule has 0 bridgehead atoms. The first-order chi connectivity index (χ1) is 8.18. The van der Waals surface area contributed by atoms with Crippen LogP contribution >= 0.6 is 0 Å². The predicted molar refractivity (Wildman–Crippen MR) is 69.0 cm³/mol. The van der Waals surface area contributed by atoms with Crippen LogP contribution in [0.5, 0.6) is 0 Å². The van der Waals surface area contributed by atoms with Crippen LogP contribution in [0.4, 0.5) is 0 Å². The van der Waals surface area contributed by atoms with E-state index in [0.717, 1.165) is 0 Å². The Morgan fingerprint density at radius 3 is 1.94 bits per heavy atom. The quantitative estimate of drug-likeness (QED) is 0.862. The molecule has 1 aromatic rings. The maximum Gasteiger partial charge on any atom is 0.333 e. The number of nitrogens with one attached hydrogen (secondary N) is 1. The molecule has 1 amide bonds. The summed E-state index contributed by atoms with van der Waals surface area (Å²) in [6.45, 7) is 6.73. The molecule has 4 nitrogen and oxygen atoms in total. The molecule has 0 aliphatic heterocycles. The summed E-state index contributed by atoms with van der Waals surface area (Å²) < 4.78 is 0. The van der Waals surface area contributed by atoms with Crippen molar-refractivity contribution in [2.45, 2.75) is 33.2 Å². The molecule has 1 aromatic carbocycles. The van der Waals surface area contributed by atoms with Gasteiger partial charge in [0.2, 0.25) is 5.91 Å². The lowest BCUT2D eigenvalue weighted by Gasteiger charge is -2.30. The van der Waals surface area contributed by atoms with Crippen LogP contribution < -0.4 is 5.32 Å². The van der Waals surface area contributed by atoms with E-state index < -0.39 is 16.9 Å². The Kier molecular flexibility index (Phi) is 3.79. The lowest BCUT2D eigenvalue weighted by Crippen LogP contribution is -2.52. The molecule has 0 fully saturated rings. The second-order valence-electron chi connectivity index (χ2n) is 5.50. The average molecular weight is 249 g/mol. The van der Waals surface area contributed by atoms with Gasteiger partial charge < -0.3 is 10.4 Å². The van der Waals surface area contributed by atoms with E-state index in [1.807, 2.05) is 0 Å². The first-order valence-corrected chi connectivity index (χ1v) is 5.79. The van der Waals surface area contributed by atoms with Crippen LogP contribution in [0, 0.1) is 5.41 Å². The molecule has 4 heteroatoms. The van der Waals surface area contributed by atoms with Crippen molar-refractivity contribution in [2.24, 2.45) is 5.41 Å². The van der Waals surface area contributed by atoms with Crippen LogP contribution in [0.2, 0.25) is 0 Å². The van der Waals surface area contributed by atoms with Gasteiger partial charge in [-0.3, -0.25) is 4.79 Å². The zero-order valence-electron chi connectivity index (χ0n) is 11.2. The number of carboxylic acids is 1. The van der Waals surface area contributed by atoms with E-state index in [1.54, 1.807) is 51.1 Å². The Hall–Kier alpha value is -1.84. The topological polar surface area (TPSA) is 66.4 Å². The average Bonchev–Trinajstić information content (AvgIpc) is 2.28. The van der Waals surface area contributed by atoms with Crippen molar-refractivity contribution < 1.29 is 14.7 Å². The van der Waals surface area contributed by atoms with E-state index in [9.17, 15) is 14.7 Å². The number of rotatable bonds is 3. The summed E-state index contributed by atoms with van der Waals surface area (Å²) in [5.41, 5.74) is -1.49. The molecule has 0 aliphatic rings. The molecule has 1 unspecified atom stereocenters. The van der Waals surface area contributed by atoms with Gasteiger partial charge in [0, 0.05) is 5.41 Å². The third-order valence-corrected chi connectivity index (χ3v) is 2.82. The molecule has 1 atom stereocenters. The summed E-state index contributed by atoms with van der Waals surface area (Å²) in [6, 6.07) is 8.69. The third kappa shape index (κ3) is 2.88. The zero-order valence-corrected chi connectivity index (χ0v) is 11.2. The fraction of sp³-hybridized carbons (Fsp3) is 0.429. The van der Waals surface area contributed by atoms with Gasteiger partial charge in [-0.25, -0.2) is 4.79 Å². The SMILES string of the molecule is CC(C)(C)C(=O)NC(C)(C(=O)O)c1ccccc1. The second-order valence-corrected chi connectivity index (χ2v) is 5.50. The first kappa shape index (κ1) is 14.2. The largest absolute Gasteiger partial charge is 0.479 e. The minimum Gasteiger partial charge on any atom is -0.479 e. The van der Waals surface area contributed by atoms with Crippen molar-refractivity contribution in [2.75, 3.05) is 0 Å². The van der Waals surface area contributed by atoms with Crippen molar-refractivity contribution in [3.8, 4) is 0 Å². The fourth-order valence-corrected chi connectivity index (χ4v) is 1.44. The molecular formula is C14H19NO3. The molecule has 98 valence electrons. The highest BCUT2D eigenvalue weighted by Crippen LogP contribution is 2.23. The van der Waals surface area contributed by atoms with Crippen molar-refractivity contribution >= 4 is 11.9 Å². The van der Waals surface area contributed by atoms with Gasteiger partial charge in [-0.1, -0.05) is 51.1 Å². The number of carboxylic acid groups (broad SMARTS) is 1. The van der Waals surface area contributed by atoms with Crippen LogP contribution in [0.1, 0.15) is 33.3 Å². The molecule has 0 saturated carbocycles. The summed E-state index contributed by atoms with van der Waals surface area (Å²) in [5, 5.41) is 12.0. The Bertz CT molecular complexity index is 448. The highest BCUT2D eigenvalue weighted by atomic mass is 16.4. The van der Waals surface area contributed by atoms with E-state index in [0.29, 0.717) is 5.56 Å². The van der Waals surface area contributed by atoms with E-state index in [2.05, 4.69) is 5.32 Å². The monoisotopic (exact) mass is 249 g/mol. The molecule has 0 aliphatic carbocycles. The lowest BCUT2D eigenvalue weighted by molar-refractivity contribution is -0.148. The van der Waals surface area contributed by atoms with Gasteiger partial charge in [0.15, 0.2) is 5.54 Å². The molecule has 0 aromatic heterocycles. The zero-order chi connectivity index (χ0) is 14.0. The minimum absolute atomic E-state index is 0.295. The number of benzene rings is 1. The lowest BCUT2D eigenvalue weighted by atomic mass is 9.88. The van der Waals surface area contributed by atoms with Gasteiger partial charge in [0.1, 0.15) is 0 Å². The number of amides is 1. The van der Waals surface area contributed by atoms with Crippen molar-refractivity contribution in [3.63, 3.8) is 0 Å². The van der Waals surface area contributed by atoms with Crippen LogP contribution in [0.25, 0.3) is 0 Å².